The van der Waals surface area contributed by atoms with Crippen LogP contribution in [0.1, 0.15) is 17.2 Å². The number of aliphatic hydroxyl groups is 3. The van der Waals surface area contributed by atoms with E-state index in [0.29, 0.717) is 5.56 Å². The molecule has 11 nitrogen and oxygen atoms in total. The van der Waals surface area contributed by atoms with Gasteiger partial charge in [0.25, 0.3) is 0 Å². The Morgan fingerprint density at radius 3 is 2.18 bits per heavy atom. The second kappa shape index (κ2) is 8.87. The van der Waals surface area contributed by atoms with Gasteiger partial charge in [0.15, 0.2) is 17.6 Å². The molecule has 2 aromatic rings. The minimum Gasteiger partial charge on any atom is -0.508 e. The van der Waals surface area contributed by atoms with Crippen molar-refractivity contribution in [2.75, 3.05) is 20.8 Å². The summed E-state index contributed by atoms with van der Waals surface area (Å²) in [6.07, 6.45) is -4.85. The Morgan fingerprint density at radius 2 is 1.61 bits per heavy atom. The molecule has 0 radical (unpaired) electrons. The van der Waals surface area contributed by atoms with Gasteiger partial charge in [-0.15, -0.1) is 0 Å². The zero-order valence-electron chi connectivity index (χ0n) is 17.7. The number of phenols is 3. The van der Waals surface area contributed by atoms with Gasteiger partial charge in [0, 0.05) is 17.7 Å². The molecule has 0 amide bonds. The number of benzene rings is 2. The van der Waals surface area contributed by atoms with E-state index >= 15 is 0 Å². The van der Waals surface area contributed by atoms with Crippen molar-refractivity contribution in [1.29, 1.82) is 0 Å². The van der Waals surface area contributed by atoms with Gasteiger partial charge in [0.1, 0.15) is 41.3 Å². The van der Waals surface area contributed by atoms with Gasteiger partial charge < -0.3 is 54.3 Å². The highest BCUT2D eigenvalue weighted by molar-refractivity contribution is 5.70. The van der Waals surface area contributed by atoms with Gasteiger partial charge in [-0.2, -0.15) is 0 Å². The van der Waals surface area contributed by atoms with Crippen molar-refractivity contribution in [1.82, 2.24) is 0 Å². The lowest BCUT2D eigenvalue weighted by Crippen LogP contribution is -2.35. The standard InChI is InChI=1S/C22H24O11/c1-29-14-3-9(4-15(30-2)18(14)26)21-16(32-22-20(28)19(27)17(8-23)33-22)7-11-12(25)5-10(24)6-13(11)31-21/h3-7,17,19-28H,8H2,1-2H3. The first-order chi connectivity index (χ1) is 15.8. The van der Waals surface area contributed by atoms with E-state index < -0.39 is 37.3 Å². The molecule has 0 aliphatic carbocycles. The van der Waals surface area contributed by atoms with Gasteiger partial charge >= 0.3 is 0 Å². The van der Waals surface area contributed by atoms with Crippen molar-refractivity contribution in [3.63, 3.8) is 0 Å². The first-order valence-corrected chi connectivity index (χ1v) is 9.95. The van der Waals surface area contributed by atoms with E-state index in [1.54, 1.807) is 0 Å². The Morgan fingerprint density at radius 1 is 0.939 bits per heavy atom. The molecule has 5 atom stereocenters. The second-order valence-electron chi connectivity index (χ2n) is 7.52. The molecule has 11 heteroatoms. The Hall–Kier alpha value is -3.38. The van der Waals surface area contributed by atoms with Crippen LogP contribution < -0.4 is 14.2 Å². The third-order valence-corrected chi connectivity index (χ3v) is 5.45. The number of rotatable bonds is 6. The molecule has 0 spiro atoms. The fourth-order valence-corrected chi connectivity index (χ4v) is 3.73. The average molecular weight is 464 g/mol. The molecule has 0 bridgehead atoms. The molecule has 2 aromatic carbocycles. The monoisotopic (exact) mass is 464 g/mol. The topological polar surface area (TPSA) is 168 Å². The Labute approximate surface area is 188 Å². The van der Waals surface area contributed by atoms with Gasteiger partial charge in [-0.25, -0.2) is 0 Å². The van der Waals surface area contributed by atoms with Crippen molar-refractivity contribution >= 4 is 6.08 Å². The third kappa shape index (κ3) is 4.07. The molecule has 178 valence electrons. The number of methoxy groups -OCH3 is 2. The van der Waals surface area contributed by atoms with Crippen LogP contribution >= 0.6 is 0 Å². The molecule has 0 saturated carbocycles. The normalized spacial score (nSPS) is 26.2. The van der Waals surface area contributed by atoms with Crippen molar-refractivity contribution < 1.29 is 54.3 Å². The first-order valence-electron chi connectivity index (χ1n) is 9.95. The number of ether oxygens (including phenoxy) is 5. The molecule has 4 rings (SSSR count). The van der Waals surface area contributed by atoms with E-state index in [2.05, 4.69) is 0 Å². The van der Waals surface area contributed by atoms with E-state index in [-0.39, 0.29) is 45.8 Å². The van der Waals surface area contributed by atoms with Crippen molar-refractivity contribution in [3.05, 3.63) is 41.2 Å². The zero-order valence-corrected chi connectivity index (χ0v) is 17.7. The quantitative estimate of drug-likeness (QED) is 0.357. The van der Waals surface area contributed by atoms with E-state index in [4.69, 9.17) is 23.7 Å². The SMILES string of the molecule is COc1cc(C2Oc3cc(O)cc(O)c3C=C2OC2OC(CO)C(O)C2O)cc(OC)c1O. The summed E-state index contributed by atoms with van der Waals surface area (Å²) >= 11 is 0. The van der Waals surface area contributed by atoms with Crippen molar-refractivity contribution in [2.24, 2.45) is 0 Å². The van der Waals surface area contributed by atoms with E-state index in [9.17, 15) is 30.6 Å². The molecule has 2 aliphatic heterocycles. The summed E-state index contributed by atoms with van der Waals surface area (Å²) in [5.74, 6) is -0.372. The van der Waals surface area contributed by atoms with Crippen LogP contribution in [0.5, 0.6) is 34.5 Å². The van der Waals surface area contributed by atoms with Gasteiger partial charge in [-0.05, 0) is 18.2 Å². The summed E-state index contributed by atoms with van der Waals surface area (Å²) in [6.45, 7) is -0.535. The largest absolute Gasteiger partial charge is 0.508 e. The highest BCUT2D eigenvalue weighted by Gasteiger charge is 2.45. The van der Waals surface area contributed by atoms with Crippen LogP contribution in [-0.4, -0.2) is 76.1 Å². The highest BCUT2D eigenvalue weighted by Crippen LogP contribution is 2.47. The molecular weight excluding hydrogens is 440 g/mol. The van der Waals surface area contributed by atoms with Crippen LogP contribution in [0.2, 0.25) is 0 Å². The summed E-state index contributed by atoms with van der Waals surface area (Å²) in [6, 6.07) is 5.38. The third-order valence-electron chi connectivity index (χ3n) is 5.45. The molecule has 1 saturated heterocycles. The Balaban J connectivity index is 1.78. The summed E-state index contributed by atoms with van der Waals surface area (Å²) in [4.78, 5) is 0. The van der Waals surface area contributed by atoms with Gasteiger partial charge in [-0.3, -0.25) is 0 Å². The van der Waals surface area contributed by atoms with Crippen LogP contribution in [-0.2, 0) is 9.47 Å². The maximum Gasteiger partial charge on any atom is 0.228 e. The van der Waals surface area contributed by atoms with Crippen LogP contribution in [0.3, 0.4) is 0 Å². The predicted octanol–water partition coefficient (Wildman–Crippen LogP) is 0.751. The molecule has 0 aromatic heterocycles. The fraction of sp³-hybridized carbons (Fsp3) is 0.364. The van der Waals surface area contributed by atoms with Crippen molar-refractivity contribution in [2.45, 2.75) is 30.7 Å². The predicted molar refractivity (Wildman–Crippen MR) is 111 cm³/mol. The van der Waals surface area contributed by atoms with Crippen molar-refractivity contribution in [3.8, 4) is 34.5 Å². The first kappa shape index (κ1) is 22.8. The minimum absolute atomic E-state index is 0.0631. The lowest BCUT2D eigenvalue weighted by atomic mass is 10.0. The maximum atomic E-state index is 10.3. The summed E-state index contributed by atoms with van der Waals surface area (Å²) in [7, 11) is 2.72. The summed E-state index contributed by atoms with van der Waals surface area (Å²) in [5.41, 5.74) is 0.594. The van der Waals surface area contributed by atoms with Gasteiger partial charge in [-0.1, -0.05) is 0 Å². The van der Waals surface area contributed by atoms with Crippen LogP contribution in [0.15, 0.2) is 30.0 Å². The smallest absolute Gasteiger partial charge is 0.228 e. The lowest BCUT2D eigenvalue weighted by molar-refractivity contribution is -0.154. The number of fused-ring (bicyclic) bond motifs is 1. The van der Waals surface area contributed by atoms with E-state index in [1.807, 2.05) is 0 Å². The minimum atomic E-state index is -1.47. The molecule has 5 unspecified atom stereocenters. The highest BCUT2D eigenvalue weighted by atomic mass is 16.7. The number of aliphatic hydroxyl groups excluding tert-OH is 3. The number of aromatic hydroxyl groups is 3. The zero-order chi connectivity index (χ0) is 23.9. The Kier molecular flexibility index (Phi) is 6.13. The average Bonchev–Trinajstić information content (AvgIpc) is 3.07. The van der Waals surface area contributed by atoms with Gasteiger partial charge in [0.05, 0.1) is 26.4 Å². The summed E-state index contributed by atoms with van der Waals surface area (Å²) < 4.78 is 27.6. The summed E-state index contributed by atoms with van der Waals surface area (Å²) in [5, 5.41) is 60.1. The number of phenolic OH excluding ortho intramolecular Hbond substituents is 3. The maximum absolute atomic E-state index is 10.3. The molecule has 2 aliphatic rings. The fourth-order valence-electron chi connectivity index (χ4n) is 3.73. The molecule has 33 heavy (non-hydrogen) atoms. The number of hydrogen-bond donors (Lipinski definition) is 6. The Bertz CT molecular complexity index is 1040. The van der Waals surface area contributed by atoms with Gasteiger partial charge in [0.2, 0.25) is 12.0 Å². The van der Waals surface area contributed by atoms with E-state index in [1.165, 1.54) is 38.5 Å². The molecule has 2 heterocycles. The molecular formula is C22H24O11. The lowest BCUT2D eigenvalue weighted by Gasteiger charge is -2.30. The van der Waals surface area contributed by atoms with E-state index in [0.717, 1.165) is 6.07 Å². The number of hydrogen-bond acceptors (Lipinski definition) is 11. The molecule has 6 N–H and O–H groups in total. The van der Waals surface area contributed by atoms with Crippen LogP contribution in [0.25, 0.3) is 6.08 Å². The molecule has 1 fully saturated rings. The van der Waals surface area contributed by atoms with Crippen LogP contribution in [0, 0.1) is 0 Å². The van der Waals surface area contributed by atoms with Crippen LogP contribution in [0.4, 0.5) is 0 Å². The second-order valence-corrected chi connectivity index (χ2v) is 7.52.